The first-order chi connectivity index (χ1) is 12.3. The van der Waals surface area contributed by atoms with Crippen molar-refractivity contribution in [2.45, 2.75) is 120 Å². The van der Waals surface area contributed by atoms with E-state index in [1.807, 2.05) is 0 Å². The van der Waals surface area contributed by atoms with Gasteiger partial charge in [0.1, 0.15) is 0 Å². The summed E-state index contributed by atoms with van der Waals surface area (Å²) in [5.74, 6) is 0. The van der Waals surface area contributed by atoms with E-state index in [4.69, 9.17) is 0 Å². The van der Waals surface area contributed by atoms with Gasteiger partial charge in [0.15, 0.2) is 0 Å². The molecule has 0 saturated carbocycles. The molecule has 1 aromatic rings. The number of rotatable bonds is 4. The lowest BCUT2D eigenvalue weighted by Gasteiger charge is -2.26. The Morgan fingerprint density at radius 3 is 1.11 bits per heavy atom. The second kappa shape index (κ2) is 8.77. The third-order valence-electron chi connectivity index (χ3n) is 3.35. The maximum Gasteiger partial charge on any atom is 0.0794 e. The van der Waals surface area contributed by atoms with Crippen LogP contribution in [0.3, 0.4) is 0 Å². The van der Waals surface area contributed by atoms with E-state index >= 15 is 0 Å². The van der Waals surface area contributed by atoms with Crippen molar-refractivity contribution in [3.63, 3.8) is 0 Å². The Hall–Kier alpha value is 1.45. The number of fused-ring (bicyclic) bond motifs is 1. The Kier molecular flexibility index (Phi) is 8.05. The molecule has 0 aromatic carbocycles. The molecule has 1 aliphatic rings. The molecule has 0 radical (unpaired) electrons. The molecule has 0 fully saturated rings. The van der Waals surface area contributed by atoms with E-state index < -0.39 is 0 Å². The zero-order valence-corrected chi connectivity index (χ0v) is 24.5. The van der Waals surface area contributed by atoms with Gasteiger partial charge in [0.2, 0.25) is 0 Å². The number of hydrogen-bond donors (Lipinski definition) is 0. The summed E-state index contributed by atoms with van der Waals surface area (Å²) in [7, 11) is 0. The lowest BCUT2D eigenvalue weighted by molar-refractivity contribution is 0.798. The highest BCUT2D eigenvalue weighted by Crippen LogP contribution is 2.69. The zero-order chi connectivity index (χ0) is 21.7. The normalized spacial score (nSPS) is 21.3. The second-order valence-electron chi connectivity index (χ2n) is 11.2. The van der Waals surface area contributed by atoms with Crippen LogP contribution in [0.25, 0.3) is 0 Å². The molecule has 0 nitrogen and oxygen atoms in total. The highest BCUT2D eigenvalue weighted by atomic mass is 32.2. The van der Waals surface area contributed by atoms with Gasteiger partial charge in [0.05, 0.1) is 17.6 Å². The van der Waals surface area contributed by atoms with Crippen molar-refractivity contribution in [1.82, 2.24) is 0 Å². The molecule has 1 aromatic heterocycles. The monoisotopic (exact) mass is 494 g/mol. The molecule has 0 saturated heterocycles. The number of thiophene rings is 1. The van der Waals surface area contributed by atoms with Gasteiger partial charge in [-0.05, 0) is 0 Å². The van der Waals surface area contributed by atoms with Crippen LogP contribution in [0.2, 0.25) is 0 Å². The van der Waals surface area contributed by atoms with Gasteiger partial charge in [0, 0.05) is 30.1 Å². The first kappa shape index (κ1) is 25.7. The third-order valence-corrected chi connectivity index (χ3v) is 11.7. The van der Waals surface area contributed by atoms with Crippen LogP contribution < -0.4 is 0 Å². The summed E-state index contributed by atoms with van der Waals surface area (Å²) in [5, 5.41) is 0. The van der Waals surface area contributed by atoms with Crippen LogP contribution >= 0.6 is 70.1 Å². The number of thioether (sulfide) groups is 5. The van der Waals surface area contributed by atoms with Crippen molar-refractivity contribution in [3.8, 4) is 0 Å². The van der Waals surface area contributed by atoms with E-state index in [1.165, 1.54) is 0 Å². The molecule has 162 valence electrons. The van der Waals surface area contributed by atoms with Gasteiger partial charge >= 0.3 is 0 Å². The van der Waals surface area contributed by atoms with E-state index in [-0.39, 0.29) is 19.0 Å². The second-order valence-corrected chi connectivity index (χ2v) is 22.1. The largest absolute Gasteiger partial charge is 0.137 e. The quantitative estimate of drug-likeness (QED) is 0.380. The van der Waals surface area contributed by atoms with Gasteiger partial charge in [-0.2, -0.15) is 0 Å². The van der Waals surface area contributed by atoms with Crippen LogP contribution in [-0.2, 0) is 0 Å². The van der Waals surface area contributed by atoms with Crippen LogP contribution in [0.15, 0.2) is 8.42 Å². The molecule has 2 heterocycles. The summed E-state index contributed by atoms with van der Waals surface area (Å²) < 4.78 is 5.17. The predicted octanol–water partition coefficient (Wildman–Crippen LogP) is 10.3. The first-order valence-corrected chi connectivity index (χ1v) is 15.1. The topological polar surface area (TPSA) is 0 Å². The summed E-state index contributed by atoms with van der Waals surface area (Å²) in [6.07, 6.45) is 0. The molecule has 0 N–H and O–H groups in total. The molecular formula is C22H38S6. The van der Waals surface area contributed by atoms with E-state index in [0.29, 0.717) is 9.16 Å². The fraction of sp³-hybridized carbons (Fsp3) is 0.818. The van der Waals surface area contributed by atoms with Gasteiger partial charge in [0.25, 0.3) is 0 Å². The van der Waals surface area contributed by atoms with E-state index in [2.05, 4.69) is 153 Å². The summed E-state index contributed by atoms with van der Waals surface area (Å²) in [6.45, 7) is 28.2. The van der Waals surface area contributed by atoms with Gasteiger partial charge in [-0.1, -0.05) is 83.1 Å². The molecule has 0 bridgehead atoms. The van der Waals surface area contributed by atoms with E-state index in [9.17, 15) is 0 Å². The van der Waals surface area contributed by atoms with Crippen LogP contribution in [-0.4, -0.2) is 19.0 Å². The van der Waals surface area contributed by atoms with Gasteiger partial charge < -0.3 is 0 Å². The van der Waals surface area contributed by atoms with E-state index in [0.717, 1.165) is 0 Å². The van der Waals surface area contributed by atoms with Crippen molar-refractivity contribution in [2.24, 2.45) is 0 Å². The Labute approximate surface area is 199 Å². The minimum Gasteiger partial charge on any atom is -0.137 e. The minimum atomic E-state index is 0.235. The Morgan fingerprint density at radius 1 is 0.536 bits per heavy atom. The van der Waals surface area contributed by atoms with Crippen molar-refractivity contribution in [1.29, 1.82) is 0 Å². The molecule has 28 heavy (non-hydrogen) atoms. The predicted molar refractivity (Wildman–Crippen MR) is 143 cm³/mol. The van der Waals surface area contributed by atoms with Gasteiger partial charge in [-0.15, -0.1) is 70.1 Å². The Morgan fingerprint density at radius 2 is 0.857 bits per heavy atom. The SMILES string of the molecule is CC(C)(C)Sc1sc(SC(C)(C)C)c2c1C(SC(C)(C)C)SC2SC(C)(C)C. The van der Waals surface area contributed by atoms with Crippen molar-refractivity contribution < 1.29 is 0 Å². The van der Waals surface area contributed by atoms with Crippen LogP contribution in [0.5, 0.6) is 0 Å². The fourth-order valence-electron chi connectivity index (χ4n) is 2.63. The zero-order valence-electron chi connectivity index (χ0n) is 19.6. The maximum atomic E-state index is 2.36. The molecule has 0 aliphatic carbocycles. The molecule has 0 amide bonds. The van der Waals surface area contributed by atoms with Gasteiger partial charge in [-0.25, -0.2) is 0 Å². The molecule has 1 aliphatic heterocycles. The van der Waals surface area contributed by atoms with Crippen molar-refractivity contribution >= 4 is 70.1 Å². The van der Waals surface area contributed by atoms with Crippen LogP contribution in [0, 0.1) is 0 Å². The molecule has 0 spiro atoms. The average molecular weight is 495 g/mol. The molecule has 6 heteroatoms. The highest BCUT2D eigenvalue weighted by molar-refractivity contribution is 8.24. The van der Waals surface area contributed by atoms with Crippen LogP contribution in [0.1, 0.15) is 103 Å². The maximum absolute atomic E-state index is 2.36. The molecule has 2 unspecified atom stereocenters. The number of hydrogen-bond acceptors (Lipinski definition) is 6. The molecule has 2 atom stereocenters. The summed E-state index contributed by atoms with van der Waals surface area (Å²) in [4.78, 5) is 0. The minimum absolute atomic E-state index is 0.235. The van der Waals surface area contributed by atoms with Crippen LogP contribution in [0.4, 0.5) is 0 Å². The summed E-state index contributed by atoms with van der Waals surface area (Å²) in [5.41, 5.74) is 3.28. The molecular weight excluding hydrogens is 457 g/mol. The smallest absolute Gasteiger partial charge is 0.0794 e. The third kappa shape index (κ3) is 7.85. The van der Waals surface area contributed by atoms with Gasteiger partial charge in [-0.3, -0.25) is 0 Å². The Balaban J connectivity index is 2.59. The first-order valence-electron chi connectivity index (χ1n) is 9.90. The lowest BCUT2D eigenvalue weighted by atomic mass is 10.2. The van der Waals surface area contributed by atoms with E-state index in [1.54, 1.807) is 19.5 Å². The average Bonchev–Trinajstić information content (AvgIpc) is 2.83. The van der Waals surface area contributed by atoms with Crippen molar-refractivity contribution in [2.75, 3.05) is 0 Å². The lowest BCUT2D eigenvalue weighted by Crippen LogP contribution is -2.10. The highest BCUT2D eigenvalue weighted by Gasteiger charge is 2.43. The summed E-state index contributed by atoms with van der Waals surface area (Å²) in [6, 6.07) is 0. The Bertz CT molecular complexity index is 620. The summed E-state index contributed by atoms with van der Waals surface area (Å²) >= 11 is 12.7. The van der Waals surface area contributed by atoms with Crippen molar-refractivity contribution in [3.05, 3.63) is 11.1 Å². The fourth-order valence-corrected chi connectivity index (χ4v) is 14.4. The standard InChI is InChI=1S/C22H38S6/c1-19(2,3)25-15-13-14(17(23-15)27-21(7,8)9)18(28-22(10,11)12)24-16(13)26-20(4,5)6/h15,17H,1-12H3. The molecule has 2 rings (SSSR count).